The number of ketones is 1. The SMILES string of the molecule is C=CC[C@@H]1C=CC(=O)/C1=C/C[C@@H](O)C/C=C\CC. The lowest BCUT2D eigenvalue weighted by molar-refractivity contribution is -0.111. The summed E-state index contributed by atoms with van der Waals surface area (Å²) in [5, 5.41) is 9.79. The Morgan fingerprint density at radius 3 is 2.89 bits per heavy atom. The van der Waals surface area contributed by atoms with Crippen LogP contribution in [0.5, 0.6) is 0 Å². The van der Waals surface area contributed by atoms with Crippen molar-refractivity contribution in [3.63, 3.8) is 0 Å². The minimum Gasteiger partial charge on any atom is -0.392 e. The van der Waals surface area contributed by atoms with Gasteiger partial charge in [0.15, 0.2) is 5.78 Å². The third kappa shape index (κ3) is 4.46. The number of carbonyl (C=O) groups excluding carboxylic acids is 1. The minimum absolute atomic E-state index is 0.0677. The number of aliphatic hydroxyl groups is 1. The maximum atomic E-state index is 11.6. The fourth-order valence-corrected chi connectivity index (χ4v) is 2.00. The second-order valence-electron chi connectivity index (χ2n) is 4.52. The molecule has 0 aromatic carbocycles. The Morgan fingerprint density at radius 1 is 1.44 bits per heavy atom. The Balaban J connectivity index is 2.51. The second-order valence-corrected chi connectivity index (χ2v) is 4.52. The second kappa shape index (κ2) is 7.83. The molecule has 1 aliphatic rings. The summed E-state index contributed by atoms with van der Waals surface area (Å²) in [6.07, 6.45) is 13.8. The molecular weight excluding hydrogens is 224 g/mol. The van der Waals surface area contributed by atoms with Crippen LogP contribution in [0.1, 0.15) is 32.6 Å². The Hall–Kier alpha value is -1.41. The van der Waals surface area contributed by atoms with Gasteiger partial charge in [-0.25, -0.2) is 0 Å². The van der Waals surface area contributed by atoms with E-state index in [2.05, 4.69) is 13.5 Å². The maximum Gasteiger partial charge on any atom is 0.181 e. The first kappa shape index (κ1) is 14.7. The summed E-state index contributed by atoms with van der Waals surface area (Å²) in [5.74, 6) is 0.214. The van der Waals surface area contributed by atoms with Crippen molar-refractivity contribution in [3.8, 4) is 0 Å². The molecule has 0 aliphatic heterocycles. The normalized spacial score (nSPS) is 23.1. The van der Waals surface area contributed by atoms with Gasteiger partial charge in [-0.15, -0.1) is 6.58 Å². The summed E-state index contributed by atoms with van der Waals surface area (Å²) in [7, 11) is 0. The number of hydrogen-bond acceptors (Lipinski definition) is 2. The van der Waals surface area contributed by atoms with E-state index in [0.717, 1.165) is 18.4 Å². The first-order valence-electron chi connectivity index (χ1n) is 6.55. The van der Waals surface area contributed by atoms with Gasteiger partial charge in [0.05, 0.1) is 6.10 Å². The van der Waals surface area contributed by atoms with E-state index in [1.807, 2.05) is 30.4 Å². The van der Waals surface area contributed by atoms with Gasteiger partial charge >= 0.3 is 0 Å². The number of rotatable bonds is 7. The molecule has 0 heterocycles. The molecule has 2 atom stereocenters. The highest BCUT2D eigenvalue weighted by Crippen LogP contribution is 2.25. The lowest BCUT2D eigenvalue weighted by Gasteiger charge is -2.09. The molecule has 0 aromatic heterocycles. The summed E-state index contributed by atoms with van der Waals surface area (Å²) in [4.78, 5) is 11.6. The average Bonchev–Trinajstić information content (AvgIpc) is 2.69. The summed E-state index contributed by atoms with van der Waals surface area (Å²) in [6, 6.07) is 0. The third-order valence-corrected chi connectivity index (χ3v) is 3.00. The number of aliphatic hydroxyl groups excluding tert-OH is 1. The number of carbonyl (C=O) groups is 1. The molecule has 0 amide bonds. The van der Waals surface area contributed by atoms with Crippen molar-refractivity contribution in [1.29, 1.82) is 0 Å². The molecule has 0 radical (unpaired) electrons. The van der Waals surface area contributed by atoms with E-state index in [-0.39, 0.29) is 11.7 Å². The molecule has 1 N–H and O–H groups in total. The lowest BCUT2D eigenvalue weighted by atomic mass is 9.96. The van der Waals surface area contributed by atoms with Gasteiger partial charge in [0.1, 0.15) is 0 Å². The van der Waals surface area contributed by atoms with Crippen LogP contribution in [0.25, 0.3) is 0 Å². The minimum atomic E-state index is -0.405. The van der Waals surface area contributed by atoms with Crippen LogP contribution >= 0.6 is 0 Å². The van der Waals surface area contributed by atoms with Crippen LogP contribution in [0.15, 0.2) is 48.6 Å². The predicted molar refractivity (Wildman–Crippen MR) is 75.2 cm³/mol. The number of allylic oxidation sites excluding steroid dienone is 5. The highest BCUT2D eigenvalue weighted by molar-refractivity contribution is 6.07. The van der Waals surface area contributed by atoms with Gasteiger partial charge in [-0.2, -0.15) is 0 Å². The zero-order valence-corrected chi connectivity index (χ0v) is 11.0. The topological polar surface area (TPSA) is 37.3 Å². The molecule has 2 heteroatoms. The van der Waals surface area contributed by atoms with Crippen LogP contribution in [-0.4, -0.2) is 17.0 Å². The zero-order chi connectivity index (χ0) is 13.4. The smallest absolute Gasteiger partial charge is 0.181 e. The van der Waals surface area contributed by atoms with Crippen molar-refractivity contribution in [3.05, 3.63) is 48.6 Å². The summed E-state index contributed by atoms with van der Waals surface area (Å²) >= 11 is 0. The van der Waals surface area contributed by atoms with Crippen molar-refractivity contribution in [1.82, 2.24) is 0 Å². The predicted octanol–water partition coefficient (Wildman–Crippen LogP) is 3.35. The molecule has 18 heavy (non-hydrogen) atoms. The van der Waals surface area contributed by atoms with Gasteiger partial charge in [-0.3, -0.25) is 4.79 Å². The van der Waals surface area contributed by atoms with Crippen molar-refractivity contribution >= 4 is 5.78 Å². The van der Waals surface area contributed by atoms with E-state index in [4.69, 9.17) is 0 Å². The Kier molecular flexibility index (Phi) is 6.37. The standard InChI is InChI=1S/C16H22O2/c1-3-5-6-8-14(17)10-11-15-13(7-4-2)9-12-16(15)18/h4-6,9,11-14,17H,2-3,7-8,10H2,1H3/b6-5-,15-11+/t13-,14+/m1/s1. The van der Waals surface area contributed by atoms with Gasteiger partial charge in [-0.1, -0.05) is 37.3 Å². The molecule has 0 saturated carbocycles. The molecule has 0 fully saturated rings. The fourth-order valence-electron chi connectivity index (χ4n) is 2.00. The Morgan fingerprint density at radius 2 is 2.22 bits per heavy atom. The molecule has 0 unspecified atom stereocenters. The van der Waals surface area contributed by atoms with E-state index in [1.54, 1.807) is 6.08 Å². The molecule has 98 valence electrons. The molecule has 0 saturated heterocycles. The first-order valence-corrected chi connectivity index (χ1v) is 6.55. The van der Waals surface area contributed by atoms with Gasteiger partial charge in [-0.05, 0) is 31.8 Å². The summed E-state index contributed by atoms with van der Waals surface area (Å²) in [5.41, 5.74) is 0.799. The highest BCUT2D eigenvalue weighted by Gasteiger charge is 2.21. The van der Waals surface area contributed by atoms with E-state index >= 15 is 0 Å². The molecule has 0 spiro atoms. The van der Waals surface area contributed by atoms with Gasteiger partial charge in [0.25, 0.3) is 0 Å². The van der Waals surface area contributed by atoms with E-state index < -0.39 is 6.10 Å². The van der Waals surface area contributed by atoms with Crippen LogP contribution in [0.4, 0.5) is 0 Å². The van der Waals surface area contributed by atoms with Crippen molar-refractivity contribution in [2.45, 2.75) is 38.7 Å². The Bertz CT molecular complexity index is 375. The molecular formula is C16H22O2. The van der Waals surface area contributed by atoms with Crippen LogP contribution in [0.2, 0.25) is 0 Å². The van der Waals surface area contributed by atoms with E-state index in [0.29, 0.717) is 12.8 Å². The molecule has 1 aliphatic carbocycles. The van der Waals surface area contributed by atoms with Gasteiger partial charge in [0.2, 0.25) is 0 Å². The summed E-state index contributed by atoms with van der Waals surface area (Å²) < 4.78 is 0. The number of hydrogen-bond donors (Lipinski definition) is 1. The molecule has 0 aromatic rings. The van der Waals surface area contributed by atoms with E-state index in [1.165, 1.54) is 0 Å². The largest absolute Gasteiger partial charge is 0.392 e. The van der Waals surface area contributed by atoms with Crippen molar-refractivity contribution in [2.24, 2.45) is 5.92 Å². The third-order valence-electron chi connectivity index (χ3n) is 3.00. The van der Waals surface area contributed by atoms with Crippen LogP contribution in [0, 0.1) is 5.92 Å². The van der Waals surface area contributed by atoms with Crippen LogP contribution in [0.3, 0.4) is 0 Å². The zero-order valence-electron chi connectivity index (χ0n) is 11.0. The van der Waals surface area contributed by atoms with Crippen LogP contribution in [-0.2, 0) is 4.79 Å². The Labute approximate surface area is 109 Å². The lowest BCUT2D eigenvalue weighted by Crippen LogP contribution is -2.07. The summed E-state index contributed by atoms with van der Waals surface area (Å²) in [6.45, 7) is 5.76. The monoisotopic (exact) mass is 246 g/mol. The fraction of sp³-hybridized carbons (Fsp3) is 0.438. The van der Waals surface area contributed by atoms with Crippen molar-refractivity contribution in [2.75, 3.05) is 0 Å². The molecule has 0 bridgehead atoms. The first-order chi connectivity index (χ1) is 8.69. The van der Waals surface area contributed by atoms with E-state index in [9.17, 15) is 9.90 Å². The van der Waals surface area contributed by atoms with Crippen LogP contribution < -0.4 is 0 Å². The molecule has 2 nitrogen and oxygen atoms in total. The van der Waals surface area contributed by atoms with Gasteiger partial charge < -0.3 is 5.11 Å². The highest BCUT2D eigenvalue weighted by atomic mass is 16.3. The maximum absolute atomic E-state index is 11.6. The average molecular weight is 246 g/mol. The quantitative estimate of drug-likeness (QED) is 0.552. The molecule has 1 rings (SSSR count). The van der Waals surface area contributed by atoms with Crippen molar-refractivity contribution < 1.29 is 9.90 Å². The van der Waals surface area contributed by atoms with Gasteiger partial charge in [0, 0.05) is 11.5 Å².